The van der Waals surface area contributed by atoms with Crippen molar-refractivity contribution in [2.45, 2.75) is 24.7 Å². The first kappa shape index (κ1) is 12.1. The third-order valence-corrected chi connectivity index (χ3v) is 3.24. The molecule has 1 aromatic carbocycles. The van der Waals surface area contributed by atoms with Gasteiger partial charge in [0, 0.05) is 13.5 Å². The fraction of sp³-hybridized carbons (Fsp3) is 0.385. The molecular formula is C13H15N3O3. The van der Waals surface area contributed by atoms with Crippen LogP contribution in [0.15, 0.2) is 36.7 Å². The zero-order valence-corrected chi connectivity index (χ0v) is 10.5. The van der Waals surface area contributed by atoms with Gasteiger partial charge in [0.15, 0.2) is 0 Å². The molecule has 100 valence electrons. The molecule has 0 saturated heterocycles. The predicted molar refractivity (Wildman–Crippen MR) is 67.2 cm³/mol. The highest BCUT2D eigenvalue weighted by molar-refractivity contribution is 5.29. The Bertz CT molecular complexity index is 543. The standard InChI is InChI=1S/C13H15N3O3/c1-18-12-10(17)7-11(12)19-13-14-8-16(15-13)9-5-3-2-4-6-9/h2-6,8,10-12,17H,7H2,1H3. The zero-order valence-electron chi connectivity index (χ0n) is 10.5. The number of aliphatic hydroxyl groups excluding tert-OH is 1. The number of benzene rings is 1. The molecule has 1 aliphatic carbocycles. The van der Waals surface area contributed by atoms with Gasteiger partial charge in [0.05, 0.1) is 11.8 Å². The van der Waals surface area contributed by atoms with Gasteiger partial charge in [-0.1, -0.05) is 18.2 Å². The molecule has 0 bridgehead atoms. The van der Waals surface area contributed by atoms with E-state index in [1.807, 2.05) is 30.3 Å². The van der Waals surface area contributed by atoms with Crippen LogP contribution in [0, 0.1) is 0 Å². The largest absolute Gasteiger partial charge is 0.456 e. The molecule has 3 rings (SSSR count). The minimum Gasteiger partial charge on any atom is -0.456 e. The Morgan fingerprint density at radius 2 is 2.11 bits per heavy atom. The normalized spacial score (nSPS) is 25.9. The van der Waals surface area contributed by atoms with Crippen molar-refractivity contribution in [2.75, 3.05) is 7.11 Å². The van der Waals surface area contributed by atoms with Crippen molar-refractivity contribution in [2.24, 2.45) is 0 Å². The molecule has 1 aliphatic rings. The number of hydrogen-bond acceptors (Lipinski definition) is 5. The van der Waals surface area contributed by atoms with E-state index >= 15 is 0 Å². The molecule has 3 unspecified atom stereocenters. The molecule has 19 heavy (non-hydrogen) atoms. The molecule has 1 N–H and O–H groups in total. The van der Waals surface area contributed by atoms with Crippen LogP contribution in [0.3, 0.4) is 0 Å². The maximum atomic E-state index is 9.49. The summed E-state index contributed by atoms with van der Waals surface area (Å²) >= 11 is 0. The second-order valence-corrected chi connectivity index (χ2v) is 4.47. The first-order valence-corrected chi connectivity index (χ1v) is 6.12. The Morgan fingerprint density at radius 3 is 2.79 bits per heavy atom. The van der Waals surface area contributed by atoms with Gasteiger partial charge in [0.25, 0.3) is 0 Å². The summed E-state index contributed by atoms with van der Waals surface area (Å²) in [7, 11) is 1.55. The van der Waals surface area contributed by atoms with Crippen LogP contribution in [0.5, 0.6) is 6.01 Å². The summed E-state index contributed by atoms with van der Waals surface area (Å²) in [4.78, 5) is 4.10. The summed E-state index contributed by atoms with van der Waals surface area (Å²) in [6, 6.07) is 9.97. The number of para-hydroxylation sites is 1. The Morgan fingerprint density at radius 1 is 1.32 bits per heavy atom. The summed E-state index contributed by atoms with van der Waals surface area (Å²) in [5, 5.41) is 13.7. The first-order chi connectivity index (χ1) is 9.28. The second-order valence-electron chi connectivity index (χ2n) is 4.47. The van der Waals surface area contributed by atoms with Crippen LogP contribution in [0.2, 0.25) is 0 Å². The Balaban J connectivity index is 1.69. The summed E-state index contributed by atoms with van der Waals surface area (Å²) in [6.45, 7) is 0. The molecule has 1 heterocycles. The Hall–Kier alpha value is -1.92. The number of aromatic nitrogens is 3. The van der Waals surface area contributed by atoms with Gasteiger partial charge in [-0.3, -0.25) is 0 Å². The van der Waals surface area contributed by atoms with Crippen molar-refractivity contribution in [3.8, 4) is 11.7 Å². The summed E-state index contributed by atoms with van der Waals surface area (Å²) < 4.78 is 12.4. The Labute approximate surface area is 110 Å². The first-order valence-electron chi connectivity index (χ1n) is 6.12. The maximum Gasteiger partial charge on any atom is 0.336 e. The van der Waals surface area contributed by atoms with Gasteiger partial charge < -0.3 is 14.6 Å². The molecule has 3 atom stereocenters. The van der Waals surface area contributed by atoms with Crippen LogP contribution in [-0.4, -0.2) is 45.3 Å². The van der Waals surface area contributed by atoms with Gasteiger partial charge >= 0.3 is 6.01 Å². The van der Waals surface area contributed by atoms with E-state index in [-0.39, 0.29) is 12.2 Å². The van der Waals surface area contributed by atoms with E-state index in [4.69, 9.17) is 9.47 Å². The summed E-state index contributed by atoms with van der Waals surface area (Å²) in [5.74, 6) is 0. The molecule has 2 aromatic rings. The minimum atomic E-state index is -0.466. The van der Waals surface area contributed by atoms with Crippen molar-refractivity contribution in [1.82, 2.24) is 14.8 Å². The monoisotopic (exact) mass is 261 g/mol. The number of rotatable bonds is 4. The van der Waals surface area contributed by atoms with Crippen LogP contribution in [-0.2, 0) is 4.74 Å². The van der Waals surface area contributed by atoms with Crippen molar-refractivity contribution >= 4 is 0 Å². The quantitative estimate of drug-likeness (QED) is 0.881. The molecule has 0 spiro atoms. The lowest BCUT2D eigenvalue weighted by molar-refractivity contribution is -0.151. The van der Waals surface area contributed by atoms with Gasteiger partial charge in [0.2, 0.25) is 0 Å². The molecule has 1 aromatic heterocycles. The van der Waals surface area contributed by atoms with Gasteiger partial charge in [-0.15, -0.1) is 5.10 Å². The van der Waals surface area contributed by atoms with Crippen LogP contribution in [0.25, 0.3) is 5.69 Å². The van der Waals surface area contributed by atoms with E-state index in [1.54, 1.807) is 18.1 Å². The lowest BCUT2D eigenvalue weighted by Crippen LogP contribution is -2.54. The SMILES string of the molecule is COC1C(O)CC1Oc1ncn(-c2ccccc2)n1. The van der Waals surface area contributed by atoms with Crippen LogP contribution in [0.1, 0.15) is 6.42 Å². The second kappa shape index (κ2) is 4.99. The van der Waals surface area contributed by atoms with E-state index in [9.17, 15) is 5.11 Å². The van der Waals surface area contributed by atoms with Gasteiger partial charge in [-0.05, 0) is 12.1 Å². The fourth-order valence-corrected chi connectivity index (χ4v) is 2.12. The smallest absolute Gasteiger partial charge is 0.336 e. The molecule has 0 radical (unpaired) electrons. The average Bonchev–Trinajstić information content (AvgIpc) is 2.88. The molecule has 1 saturated carbocycles. The van der Waals surface area contributed by atoms with E-state index in [0.717, 1.165) is 5.69 Å². The molecule has 1 fully saturated rings. The molecule has 6 heteroatoms. The van der Waals surface area contributed by atoms with E-state index < -0.39 is 6.10 Å². The van der Waals surface area contributed by atoms with Crippen molar-refractivity contribution < 1.29 is 14.6 Å². The van der Waals surface area contributed by atoms with Gasteiger partial charge in [0.1, 0.15) is 18.5 Å². The summed E-state index contributed by atoms with van der Waals surface area (Å²) in [5.41, 5.74) is 0.918. The van der Waals surface area contributed by atoms with Crippen LogP contribution < -0.4 is 4.74 Å². The van der Waals surface area contributed by atoms with E-state index in [0.29, 0.717) is 12.4 Å². The molecular weight excluding hydrogens is 246 g/mol. The molecule has 6 nitrogen and oxygen atoms in total. The predicted octanol–water partition coefficient (Wildman–Crippen LogP) is 0.794. The fourth-order valence-electron chi connectivity index (χ4n) is 2.12. The van der Waals surface area contributed by atoms with Crippen LogP contribution >= 0.6 is 0 Å². The van der Waals surface area contributed by atoms with Crippen molar-refractivity contribution in [3.05, 3.63) is 36.7 Å². The van der Waals surface area contributed by atoms with E-state index in [2.05, 4.69) is 10.1 Å². The van der Waals surface area contributed by atoms with Gasteiger partial charge in [-0.25, -0.2) is 4.68 Å². The highest BCUT2D eigenvalue weighted by atomic mass is 16.6. The highest BCUT2D eigenvalue weighted by Gasteiger charge is 2.42. The lowest BCUT2D eigenvalue weighted by Gasteiger charge is -2.38. The van der Waals surface area contributed by atoms with Crippen LogP contribution in [0.4, 0.5) is 0 Å². The maximum absolute atomic E-state index is 9.49. The number of ether oxygens (including phenoxy) is 2. The molecule has 0 amide bonds. The number of nitrogens with zero attached hydrogens (tertiary/aromatic N) is 3. The van der Waals surface area contributed by atoms with E-state index in [1.165, 1.54) is 0 Å². The highest BCUT2D eigenvalue weighted by Crippen LogP contribution is 2.27. The number of hydrogen-bond donors (Lipinski definition) is 1. The zero-order chi connectivity index (χ0) is 13.2. The Kier molecular flexibility index (Phi) is 3.18. The third-order valence-electron chi connectivity index (χ3n) is 3.24. The van der Waals surface area contributed by atoms with Crippen molar-refractivity contribution in [1.29, 1.82) is 0 Å². The van der Waals surface area contributed by atoms with Crippen molar-refractivity contribution in [3.63, 3.8) is 0 Å². The topological polar surface area (TPSA) is 69.4 Å². The third kappa shape index (κ3) is 2.32. The summed E-state index contributed by atoms with van der Waals surface area (Å²) in [6.07, 6.45) is 1.18. The van der Waals surface area contributed by atoms with Gasteiger partial charge in [-0.2, -0.15) is 4.98 Å². The minimum absolute atomic E-state index is 0.188. The lowest BCUT2D eigenvalue weighted by atomic mass is 9.88. The average molecular weight is 261 g/mol. The number of methoxy groups -OCH3 is 1. The molecule has 0 aliphatic heterocycles. The number of aliphatic hydroxyl groups is 1.